The monoisotopic (exact) mass is 198 g/mol. The average Bonchev–Trinajstić information content (AvgIpc) is 2.19. The van der Waals surface area contributed by atoms with Crippen molar-refractivity contribution >= 4 is 0 Å². The lowest BCUT2D eigenvalue weighted by Crippen LogP contribution is -2.36. The number of aliphatic hydroxyl groups is 1. The summed E-state index contributed by atoms with van der Waals surface area (Å²) < 4.78 is 12.6. The van der Waals surface area contributed by atoms with E-state index >= 15 is 0 Å². The van der Waals surface area contributed by atoms with Crippen molar-refractivity contribution in [3.05, 3.63) is 29.8 Å². The van der Waals surface area contributed by atoms with Gasteiger partial charge in [0.1, 0.15) is 11.4 Å². The van der Waals surface area contributed by atoms with Crippen LogP contribution in [0.5, 0.6) is 0 Å². The second-order valence-corrected chi connectivity index (χ2v) is 3.28. The Kier molecular flexibility index (Phi) is 3.55. The highest BCUT2D eigenvalue weighted by molar-refractivity contribution is 5.14. The third kappa shape index (κ3) is 2.27. The van der Waals surface area contributed by atoms with Gasteiger partial charge in [-0.3, -0.25) is 4.98 Å². The molecule has 0 aliphatic rings. The van der Waals surface area contributed by atoms with Crippen LogP contribution in [0.4, 0.5) is 4.39 Å². The largest absolute Gasteiger partial charge is 0.382 e. The average molecular weight is 198 g/mol. The summed E-state index contributed by atoms with van der Waals surface area (Å²) in [6.45, 7) is 2.27. The molecule has 0 saturated heterocycles. The summed E-state index contributed by atoms with van der Waals surface area (Å²) in [5.74, 6) is -0.392. The van der Waals surface area contributed by atoms with E-state index in [-0.39, 0.29) is 0 Å². The Labute approximate surface area is 83.0 Å². The molecule has 78 valence electrons. The van der Waals surface area contributed by atoms with Gasteiger partial charge in [0, 0.05) is 6.54 Å². The lowest BCUT2D eigenvalue weighted by atomic mass is 9.96. The smallest absolute Gasteiger partial charge is 0.141 e. The van der Waals surface area contributed by atoms with E-state index in [0.29, 0.717) is 18.7 Å². The van der Waals surface area contributed by atoms with Crippen molar-refractivity contribution in [1.29, 1.82) is 0 Å². The number of likely N-dealkylation sites (N-methyl/N-ethyl adjacent to an activating group) is 1. The molecule has 14 heavy (non-hydrogen) atoms. The molecule has 0 saturated carbocycles. The second-order valence-electron chi connectivity index (χ2n) is 3.28. The van der Waals surface area contributed by atoms with E-state index in [0.717, 1.165) is 6.20 Å². The van der Waals surface area contributed by atoms with E-state index in [9.17, 15) is 9.50 Å². The van der Waals surface area contributed by atoms with Crippen LogP contribution in [0.1, 0.15) is 19.0 Å². The molecule has 0 aliphatic heterocycles. The van der Waals surface area contributed by atoms with E-state index in [4.69, 9.17) is 0 Å². The van der Waals surface area contributed by atoms with E-state index < -0.39 is 11.4 Å². The summed E-state index contributed by atoms with van der Waals surface area (Å²) in [6.07, 6.45) is 1.65. The molecule has 1 atom stereocenters. The molecule has 0 aromatic carbocycles. The van der Waals surface area contributed by atoms with E-state index in [1.54, 1.807) is 7.05 Å². The molecule has 0 spiro atoms. The summed E-state index contributed by atoms with van der Waals surface area (Å²) in [4.78, 5) is 3.87. The third-order valence-electron chi connectivity index (χ3n) is 2.26. The summed E-state index contributed by atoms with van der Waals surface area (Å²) in [7, 11) is 1.75. The van der Waals surface area contributed by atoms with Gasteiger partial charge in [0.15, 0.2) is 0 Å². The first-order valence-corrected chi connectivity index (χ1v) is 4.61. The molecule has 0 bridgehead atoms. The fraction of sp³-hybridized carbons (Fsp3) is 0.500. The number of pyridine rings is 1. The summed E-state index contributed by atoms with van der Waals surface area (Å²) >= 11 is 0. The maximum Gasteiger partial charge on any atom is 0.141 e. The Morgan fingerprint density at radius 1 is 1.57 bits per heavy atom. The Morgan fingerprint density at radius 3 is 2.71 bits per heavy atom. The second kappa shape index (κ2) is 4.48. The van der Waals surface area contributed by atoms with Crippen molar-refractivity contribution in [2.75, 3.05) is 13.6 Å². The highest BCUT2D eigenvalue weighted by Crippen LogP contribution is 2.21. The Bertz CT molecular complexity index is 289. The van der Waals surface area contributed by atoms with Crippen LogP contribution in [0.15, 0.2) is 18.3 Å². The van der Waals surface area contributed by atoms with Crippen molar-refractivity contribution in [3.8, 4) is 0 Å². The molecule has 1 unspecified atom stereocenters. The minimum Gasteiger partial charge on any atom is -0.382 e. The predicted octanol–water partition coefficient (Wildman–Crippen LogP) is 1.04. The molecule has 3 nitrogen and oxygen atoms in total. The van der Waals surface area contributed by atoms with Crippen molar-refractivity contribution in [1.82, 2.24) is 10.3 Å². The number of hydrogen-bond donors (Lipinski definition) is 2. The number of nitrogens with one attached hydrogen (secondary N) is 1. The van der Waals surface area contributed by atoms with Gasteiger partial charge in [-0.15, -0.1) is 0 Å². The topological polar surface area (TPSA) is 45.1 Å². The van der Waals surface area contributed by atoms with Crippen LogP contribution in [0.2, 0.25) is 0 Å². The standard InChI is InChI=1S/C10H15FN2O/c1-3-10(14,7-12-2)9-5-4-8(11)6-13-9/h4-6,12,14H,3,7H2,1-2H3. The fourth-order valence-corrected chi connectivity index (χ4v) is 1.34. The maximum absolute atomic E-state index is 12.6. The predicted molar refractivity (Wildman–Crippen MR) is 52.3 cm³/mol. The van der Waals surface area contributed by atoms with Crippen molar-refractivity contribution in [2.45, 2.75) is 18.9 Å². The van der Waals surface area contributed by atoms with Gasteiger partial charge in [0.25, 0.3) is 0 Å². The minimum absolute atomic E-state index is 0.392. The van der Waals surface area contributed by atoms with Crippen LogP contribution >= 0.6 is 0 Å². The SMILES string of the molecule is CCC(O)(CNC)c1ccc(F)cn1. The lowest BCUT2D eigenvalue weighted by molar-refractivity contribution is 0.0302. The zero-order chi connectivity index (χ0) is 10.6. The van der Waals surface area contributed by atoms with Crippen molar-refractivity contribution in [2.24, 2.45) is 0 Å². The van der Waals surface area contributed by atoms with Crippen LogP contribution in [0, 0.1) is 5.82 Å². The van der Waals surface area contributed by atoms with Crippen LogP contribution in [0.3, 0.4) is 0 Å². The molecular weight excluding hydrogens is 183 g/mol. The van der Waals surface area contributed by atoms with Gasteiger partial charge in [0.2, 0.25) is 0 Å². The molecule has 0 radical (unpaired) electrons. The van der Waals surface area contributed by atoms with Gasteiger partial charge in [-0.1, -0.05) is 6.92 Å². The highest BCUT2D eigenvalue weighted by atomic mass is 19.1. The zero-order valence-electron chi connectivity index (χ0n) is 8.42. The molecule has 1 aromatic heterocycles. The molecule has 0 amide bonds. The number of nitrogens with zero attached hydrogens (tertiary/aromatic N) is 1. The van der Waals surface area contributed by atoms with E-state index in [1.807, 2.05) is 6.92 Å². The van der Waals surface area contributed by atoms with Crippen LogP contribution < -0.4 is 5.32 Å². The van der Waals surface area contributed by atoms with Gasteiger partial charge in [-0.2, -0.15) is 0 Å². The Balaban J connectivity index is 2.94. The summed E-state index contributed by atoms with van der Waals surface area (Å²) in [5.41, 5.74) is -0.515. The van der Waals surface area contributed by atoms with Crippen LogP contribution in [-0.2, 0) is 5.60 Å². The first-order chi connectivity index (χ1) is 6.62. The van der Waals surface area contributed by atoms with Gasteiger partial charge in [-0.05, 0) is 25.6 Å². The summed E-state index contributed by atoms with van der Waals surface area (Å²) in [5, 5.41) is 13.0. The molecule has 4 heteroatoms. The van der Waals surface area contributed by atoms with Gasteiger partial charge >= 0.3 is 0 Å². The normalized spacial score (nSPS) is 15.1. The molecule has 1 heterocycles. The third-order valence-corrected chi connectivity index (χ3v) is 2.26. The van der Waals surface area contributed by atoms with E-state index in [2.05, 4.69) is 10.3 Å². The molecule has 1 aromatic rings. The lowest BCUT2D eigenvalue weighted by Gasteiger charge is -2.25. The van der Waals surface area contributed by atoms with Crippen LogP contribution in [-0.4, -0.2) is 23.7 Å². The molecule has 1 rings (SSSR count). The zero-order valence-corrected chi connectivity index (χ0v) is 8.42. The van der Waals surface area contributed by atoms with Gasteiger partial charge < -0.3 is 10.4 Å². The van der Waals surface area contributed by atoms with Crippen molar-refractivity contribution < 1.29 is 9.50 Å². The van der Waals surface area contributed by atoms with Crippen molar-refractivity contribution in [3.63, 3.8) is 0 Å². The van der Waals surface area contributed by atoms with Gasteiger partial charge in [-0.25, -0.2) is 4.39 Å². The first kappa shape index (κ1) is 11.1. The number of rotatable bonds is 4. The molecule has 0 fully saturated rings. The fourth-order valence-electron chi connectivity index (χ4n) is 1.34. The molecule has 2 N–H and O–H groups in total. The number of aromatic nitrogens is 1. The quantitative estimate of drug-likeness (QED) is 0.759. The minimum atomic E-state index is -1.01. The summed E-state index contributed by atoms with van der Waals surface area (Å²) in [6, 6.07) is 2.81. The Hall–Kier alpha value is -1.00. The maximum atomic E-state index is 12.6. The molecule has 0 aliphatic carbocycles. The van der Waals surface area contributed by atoms with Crippen LogP contribution in [0.25, 0.3) is 0 Å². The van der Waals surface area contributed by atoms with Gasteiger partial charge in [0.05, 0.1) is 11.9 Å². The van der Waals surface area contributed by atoms with E-state index in [1.165, 1.54) is 12.1 Å². The first-order valence-electron chi connectivity index (χ1n) is 4.61. The molecular formula is C10H15FN2O. The number of halogens is 1. The number of hydrogen-bond acceptors (Lipinski definition) is 3. The Morgan fingerprint density at radius 2 is 2.29 bits per heavy atom. The highest BCUT2D eigenvalue weighted by Gasteiger charge is 2.27.